The van der Waals surface area contributed by atoms with Crippen LogP contribution in [-0.4, -0.2) is 55.7 Å². The summed E-state index contributed by atoms with van der Waals surface area (Å²) in [5, 5.41) is 0. The van der Waals surface area contributed by atoms with E-state index in [1.165, 1.54) is 19.4 Å². The summed E-state index contributed by atoms with van der Waals surface area (Å²) in [6.07, 6.45) is 4.09. The Morgan fingerprint density at radius 2 is 2.35 bits per heavy atom. The van der Waals surface area contributed by atoms with Crippen LogP contribution in [0.2, 0.25) is 0 Å². The number of ether oxygens (including phenoxy) is 1. The number of carbonyl (C=O) groups is 1. The van der Waals surface area contributed by atoms with Crippen LogP contribution >= 0.6 is 0 Å². The molecule has 2 heterocycles. The summed E-state index contributed by atoms with van der Waals surface area (Å²) < 4.78 is 4.95. The molecule has 5 nitrogen and oxygen atoms in total. The third-order valence-electron chi connectivity index (χ3n) is 3.81. The van der Waals surface area contributed by atoms with Crippen LogP contribution in [0.15, 0.2) is 18.3 Å². The highest BCUT2D eigenvalue weighted by molar-refractivity contribution is 5.89. The van der Waals surface area contributed by atoms with E-state index < -0.39 is 0 Å². The van der Waals surface area contributed by atoms with E-state index >= 15 is 0 Å². The molecule has 1 aliphatic heterocycles. The number of rotatable bonds is 5. The smallest absolute Gasteiger partial charge is 0.339 e. The first-order valence-corrected chi connectivity index (χ1v) is 7.16. The van der Waals surface area contributed by atoms with Crippen LogP contribution in [-0.2, 0) is 4.74 Å². The van der Waals surface area contributed by atoms with Crippen molar-refractivity contribution in [3.8, 4) is 0 Å². The highest BCUT2D eigenvalue weighted by Crippen LogP contribution is 2.18. The number of nitrogens with zero attached hydrogens (tertiary/aromatic N) is 3. The molecule has 0 N–H and O–H groups in total. The minimum absolute atomic E-state index is 0.315. The van der Waals surface area contributed by atoms with Gasteiger partial charge in [-0.25, -0.2) is 9.78 Å². The Labute approximate surface area is 120 Å². The fourth-order valence-electron chi connectivity index (χ4n) is 2.57. The molecule has 1 atom stereocenters. The molecule has 110 valence electrons. The summed E-state index contributed by atoms with van der Waals surface area (Å²) in [5.74, 6) is 0.572. The quantitative estimate of drug-likeness (QED) is 0.768. The number of anilines is 1. The summed E-state index contributed by atoms with van der Waals surface area (Å²) in [4.78, 5) is 20.5. The maximum absolute atomic E-state index is 11.6. The van der Waals surface area contributed by atoms with Gasteiger partial charge in [0, 0.05) is 25.8 Å². The van der Waals surface area contributed by atoms with Crippen LogP contribution < -0.4 is 4.90 Å². The zero-order valence-electron chi connectivity index (χ0n) is 12.5. The van der Waals surface area contributed by atoms with Crippen molar-refractivity contribution in [1.29, 1.82) is 0 Å². The molecule has 0 aromatic carbocycles. The maximum Gasteiger partial charge on any atom is 0.339 e. The average Bonchev–Trinajstić information content (AvgIpc) is 2.85. The predicted octanol–water partition coefficient (Wildman–Crippen LogP) is 1.79. The number of pyridine rings is 1. The molecule has 1 aromatic rings. The van der Waals surface area contributed by atoms with Crippen molar-refractivity contribution in [1.82, 2.24) is 9.88 Å². The standard InChI is InChI=1S/C15H23N3O2/c1-4-20-15(19)12-7-8-14(16-10-12)18(3)11-13-6-5-9-17(13)2/h7-8,10,13H,4-6,9,11H2,1-3H3. The Balaban J connectivity index is 1.96. The predicted molar refractivity (Wildman–Crippen MR) is 79.1 cm³/mol. The molecule has 0 spiro atoms. The third kappa shape index (κ3) is 3.48. The lowest BCUT2D eigenvalue weighted by Crippen LogP contribution is -2.36. The molecular formula is C15H23N3O2. The molecule has 0 amide bonds. The summed E-state index contributed by atoms with van der Waals surface area (Å²) in [6.45, 7) is 4.32. The average molecular weight is 277 g/mol. The van der Waals surface area contributed by atoms with E-state index in [9.17, 15) is 4.79 Å². The van der Waals surface area contributed by atoms with Crippen molar-refractivity contribution in [3.63, 3.8) is 0 Å². The Bertz CT molecular complexity index is 447. The number of hydrogen-bond donors (Lipinski definition) is 0. The van der Waals surface area contributed by atoms with E-state index in [0.29, 0.717) is 18.2 Å². The van der Waals surface area contributed by atoms with Crippen molar-refractivity contribution in [3.05, 3.63) is 23.9 Å². The minimum Gasteiger partial charge on any atom is -0.462 e. The van der Waals surface area contributed by atoms with Gasteiger partial charge in [0.1, 0.15) is 5.82 Å². The SMILES string of the molecule is CCOC(=O)c1ccc(N(C)CC2CCCN2C)nc1. The van der Waals surface area contributed by atoms with E-state index in [4.69, 9.17) is 4.74 Å². The monoisotopic (exact) mass is 277 g/mol. The topological polar surface area (TPSA) is 45.7 Å². The number of carbonyl (C=O) groups excluding carboxylic acids is 1. The Hall–Kier alpha value is -1.62. The first-order chi connectivity index (χ1) is 9.61. The van der Waals surface area contributed by atoms with Crippen molar-refractivity contribution in [2.75, 3.05) is 38.7 Å². The second-order valence-electron chi connectivity index (χ2n) is 5.28. The van der Waals surface area contributed by atoms with Gasteiger partial charge >= 0.3 is 5.97 Å². The summed E-state index contributed by atoms with van der Waals surface area (Å²) in [6, 6.07) is 4.24. The number of likely N-dealkylation sites (tertiary alicyclic amines) is 1. The van der Waals surface area contributed by atoms with Crippen molar-refractivity contribution < 1.29 is 9.53 Å². The molecule has 0 aliphatic carbocycles. The van der Waals surface area contributed by atoms with Crippen LogP contribution in [0.1, 0.15) is 30.1 Å². The molecule has 1 fully saturated rings. The van der Waals surface area contributed by atoms with Gasteiger partial charge in [0.2, 0.25) is 0 Å². The van der Waals surface area contributed by atoms with Gasteiger partial charge in [0.15, 0.2) is 0 Å². The van der Waals surface area contributed by atoms with Crippen molar-refractivity contribution >= 4 is 11.8 Å². The fourth-order valence-corrected chi connectivity index (χ4v) is 2.57. The van der Waals surface area contributed by atoms with Crippen LogP contribution in [0.4, 0.5) is 5.82 Å². The van der Waals surface area contributed by atoms with Gasteiger partial charge in [-0.2, -0.15) is 0 Å². The largest absolute Gasteiger partial charge is 0.462 e. The van der Waals surface area contributed by atoms with Gasteiger partial charge in [0.05, 0.1) is 12.2 Å². The normalized spacial score (nSPS) is 19.1. The molecule has 0 radical (unpaired) electrons. The van der Waals surface area contributed by atoms with E-state index in [2.05, 4.69) is 21.8 Å². The van der Waals surface area contributed by atoms with Gasteiger partial charge in [-0.1, -0.05) is 0 Å². The van der Waals surface area contributed by atoms with Crippen LogP contribution in [0.5, 0.6) is 0 Å². The van der Waals surface area contributed by atoms with Crippen LogP contribution in [0, 0.1) is 0 Å². The molecule has 1 saturated heterocycles. The Morgan fingerprint density at radius 3 is 2.90 bits per heavy atom. The Morgan fingerprint density at radius 1 is 1.55 bits per heavy atom. The van der Waals surface area contributed by atoms with Crippen molar-refractivity contribution in [2.45, 2.75) is 25.8 Å². The first-order valence-electron chi connectivity index (χ1n) is 7.16. The van der Waals surface area contributed by atoms with Crippen LogP contribution in [0.25, 0.3) is 0 Å². The molecule has 0 bridgehead atoms. The van der Waals surface area contributed by atoms with Gasteiger partial charge in [0.25, 0.3) is 0 Å². The van der Waals surface area contributed by atoms with Gasteiger partial charge < -0.3 is 14.5 Å². The maximum atomic E-state index is 11.6. The van der Waals surface area contributed by atoms with E-state index in [-0.39, 0.29) is 5.97 Å². The molecule has 20 heavy (non-hydrogen) atoms. The van der Waals surface area contributed by atoms with E-state index in [1.54, 1.807) is 19.2 Å². The zero-order chi connectivity index (χ0) is 14.5. The number of aromatic nitrogens is 1. The van der Waals surface area contributed by atoms with Gasteiger partial charge in [-0.3, -0.25) is 0 Å². The minimum atomic E-state index is -0.315. The summed E-state index contributed by atoms with van der Waals surface area (Å²) in [7, 11) is 4.21. The highest BCUT2D eigenvalue weighted by atomic mass is 16.5. The molecule has 0 saturated carbocycles. The summed E-state index contributed by atoms with van der Waals surface area (Å²) in [5.41, 5.74) is 0.502. The zero-order valence-corrected chi connectivity index (χ0v) is 12.5. The van der Waals surface area contributed by atoms with E-state index in [0.717, 1.165) is 12.4 Å². The lowest BCUT2D eigenvalue weighted by Gasteiger charge is -2.26. The molecule has 1 aliphatic rings. The second-order valence-corrected chi connectivity index (χ2v) is 5.28. The van der Waals surface area contributed by atoms with E-state index in [1.807, 2.05) is 13.1 Å². The lowest BCUT2D eigenvalue weighted by molar-refractivity contribution is 0.0526. The molecule has 1 aromatic heterocycles. The fraction of sp³-hybridized carbons (Fsp3) is 0.600. The second kappa shape index (κ2) is 6.70. The molecule has 2 rings (SSSR count). The highest BCUT2D eigenvalue weighted by Gasteiger charge is 2.22. The number of likely N-dealkylation sites (N-methyl/N-ethyl adjacent to an activating group) is 2. The summed E-state index contributed by atoms with van der Waals surface area (Å²) >= 11 is 0. The number of esters is 1. The molecule has 1 unspecified atom stereocenters. The first kappa shape index (κ1) is 14.8. The van der Waals surface area contributed by atoms with Gasteiger partial charge in [-0.05, 0) is 45.5 Å². The lowest BCUT2D eigenvalue weighted by atomic mass is 10.2. The van der Waals surface area contributed by atoms with Crippen LogP contribution in [0.3, 0.4) is 0 Å². The third-order valence-corrected chi connectivity index (χ3v) is 3.81. The molecule has 5 heteroatoms. The van der Waals surface area contributed by atoms with Crippen molar-refractivity contribution in [2.24, 2.45) is 0 Å². The van der Waals surface area contributed by atoms with Gasteiger partial charge in [-0.15, -0.1) is 0 Å². The number of hydrogen-bond acceptors (Lipinski definition) is 5. The Kier molecular flexibility index (Phi) is 4.95. The molecular weight excluding hydrogens is 254 g/mol.